The fourth-order valence-electron chi connectivity index (χ4n) is 2.52. The van der Waals surface area contributed by atoms with Crippen molar-refractivity contribution < 1.29 is 19.2 Å². The van der Waals surface area contributed by atoms with Crippen LogP contribution in [0.2, 0.25) is 0 Å². The number of benzene rings is 1. The molecule has 10 heteroatoms. The van der Waals surface area contributed by atoms with Crippen LogP contribution in [-0.2, 0) is 15.3 Å². The number of anilines is 1. The van der Waals surface area contributed by atoms with Gasteiger partial charge < -0.3 is 11.1 Å². The molecule has 0 aliphatic carbocycles. The van der Waals surface area contributed by atoms with E-state index in [0.29, 0.717) is 22.0 Å². The molecule has 1 aromatic carbocycles. The molecule has 1 aliphatic rings. The van der Waals surface area contributed by atoms with Crippen LogP contribution in [0, 0.1) is 0 Å². The zero-order chi connectivity index (χ0) is 19.4. The lowest BCUT2D eigenvalue weighted by molar-refractivity contribution is -0.116. The van der Waals surface area contributed by atoms with Crippen LogP contribution in [0.4, 0.5) is 5.13 Å². The molecule has 8 nitrogen and oxygen atoms in total. The van der Waals surface area contributed by atoms with Gasteiger partial charge in [0.25, 0.3) is 11.8 Å². The summed E-state index contributed by atoms with van der Waals surface area (Å²) in [5, 5.41) is 4.87. The van der Waals surface area contributed by atoms with Crippen LogP contribution in [-0.4, -0.2) is 45.8 Å². The highest BCUT2D eigenvalue weighted by molar-refractivity contribution is 7.99. The molecule has 3 rings (SSSR count). The van der Waals surface area contributed by atoms with Crippen LogP contribution in [0.25, 0.3) is 0 Å². The minimum Gasteiger partial charge on any atom is -0.369 e. The van der Waals surface area contributed by atoms with E-state index in [9.17, 15) is 19.2 Å². The van der Waals surface area contributed by atoms with Crippen molar-refractivity contribution >= 4 is 51.9 Å². The highest BCUT2D eigenvalue weighted by atomic mass is 32.2. The van der Waals surface area contributed by atoms with Crippen LogP contribution in [0.5, 0.6) is 0 Å². The van der Waals surface area contributed by atoms with Crippen molar-refractivity contribution in [2.45, 2.75) is 12.2 Å². The number of aromatic nitrogens is 1. The van der Waals surface area contributed by atoms with Gasteiger partial charge in [0.05, 0.1) is 22.6 Å². The lowest BCUT2D eigenvalue weighted by Crippen LogP contribution is -2.32. The zero-order valence-electron chi connectivity index (χ0n) is 14.1. The number of nitrogens with zero attached hydrogens (tertiary/aromatic N) is 2. The second kappa shape index (κ2) is 8.31. The summed E-state index contributed by atoms with van der Waals surface area (Å²) in [5.74, 6) is -0.767. The van der Waals surface area contributed by atoms with Gasteiger partial charge in [0.2, 0.25) is 11.8 Å². The van der Waals surface area contributed by atoms with Crippen molar-refractivity contribution in [3.05, 3.63) is 46.5 Å². The second-order valence-corrected chi connectivity index (χ2v) is 7.55. The molecule has 4 amide bonds. The Morgan fingerprint density at radius 2 is 1.85 bits per heavy atom. The number of imide groups is 1. The molecule has 2 heterocycles. The van der Waals surface area contributed by atoms with Crippen molar-refractivity contribution in [3.8, 4) is 0 Å². The average molecular weight is 404 g/mol. The average Bonchev–Trinajstić information content (AvgIpc) is 3.17. The molecule has 0 unspecified atom stereocenters. The smallest absolute Gasteiger partial charge is 0.261 e. The van der Waals surface area contributed by atoms with Crippen LogP contribution in [0.1, 0.15) is 32.8 Å². The quantitative estimate of drug-likeness (QED) is 0.643. The van der Waals surface area contributed by atoms with E-state index in [2.05, 4.69) is 10.3 Å². The first-order valence-electron chi connectivity index (χ1n) is 8.01. The van der Waals surface area contributed by atoms with Crippen molar-refractivity contribution in [1.29, 1.82) is 0 Å². The minimum atomic E-state index is -0.392. The first kappa shape index (κ1) is 19.1. The third-order valence-electron chi connectivity index (χ3n) is 3.73. The Kier molecular flexibility index (Phi) is 5.87. The normalized spacial score (nSPS) is 13.0. The van der Waals surface area contributed by atoms with Gasteiger partial charge in [-0.25, -0.2) is 4.98 Å². The predicted octanol–water partition coefficient (Wildman–Crippen LogP) is 1.49. The molecular weight excluding hydrogens is 388 g/mol. The standard InChI is InChI=1S/C17H16N4O4S2/c18-13(22)9-26-7-10-8-27-17(19-10)20-14(23)5-6-21-15(24)11-3-1-2-4-12(11)16(21)25/h1-4,8H,5-7,9H2,(H2,18,22)(H,19,20,23). The van der Waals surface area contributed by atoms with E-state index in [1.54, 1.807) is 29.6 Å². The number of carbonyl (C=O) groups is 4. The maximum Gasteiger partial charge on any atom is 0.261 e. The number of amides is 4. The number of rotatable bonds is 8. The molecule has 0 saturated carbocycles. The van der Waals surface area contributed by atoms with Crippen LogP contribution in [0.3, 0.4) is 0 Å². The van der Waals surface area contributed by atoms with E-state index >= 15 is 0 Å². The van der Waals surface area contributed by atoms with Crippen molar-refractivity contribution in [1.82, 2.24) is 9.88 Å². The largest absolute Gasteiger partial charge is 0.369 e. The van der Waals surface area contributed by atoms with Gasteiger partial charge in [-0.05, 0) is 12.1 Å². The summed E-state index contributed by atoms with van der Waals surface area (Å²) in [6.45, 7) is 0.00484. The van der Waals surface area contributed by atoms with Gasteiger partial charge in [0.1, 0.15) is 0 Å². The molecule has 0 atom stereocenters. The Hall–Kier alpha value is -2.72. The third kappa shape index (κ3) is 4.52. The second-order valence-electron chi connectivity index (χ2n) is 5.71. The lowest BCUT2D eigenvalue weighted by atomic mass is 10.1. The fraction of sp³-hybridized carbons (Fsp3) is 0.235. The summed E-state index contributed by atoms with van der Waals surface area (Å²) >= 11 is 2.61. The maximum absolute atomic E-state index is 12.3. The van der Waals surface area contributed by atoms with Gasteiger partial charge in [-0.3, -0.25) is 24.1 Å². The summed E-state index contributed by atoms with van der Waals surface area (Å²) in [6, 6.07) is 6.59. The first-order chi connectivity index (χ1) is 13.0. The Morgan fingerprint density at radius 1 is 1.19 bits per heavy atom. The molecule has 27 heavy (non-hydrogen) atoms. The van der Waals surface area contributed by atoms with Crippen LogP contribution in [0.15, 0.2) is 29.6 Å². The molecule has 140 valence electrons. The molecule has 3 N–H and O–H groups in total. The third-order valence-corrected chi connectivity index (χ3v) is 5.53. The Labute approximate surface area is 163 Å². The minimum absolute atomic E-state index is 0.00484. The van der Waals surface area contributed by atoms with Gasteiger partial charge >= 0.3 is 0 Å². The predicted molar refractivity (Wildman–Crippen MR) is 103 cm³/mol. The number of thiazole rings is 1. The van der Waals surface area contributed by atoms with E-state index in [1.807, 2.05) is 0 Å². The van der Waals surface area contributed by atoms with Crippen LogP contribution < -0.4 is 11.1 Å². The number of nitrogens with one attached hydrogen (secondary N) is 1. The number of primary amides is 1. The highest BCUT2D eigenvalue weighted by Crippen LogP contribution is 2.23. The number of hydrogen-bond acceptors (Lipinski definition) is 7. The molecule has 0 radical (unpaired) electrons. The summed E-state index contributed by atoms with van der Waals surface area (Å²) in [4.78, 5) is 52.7. The van der Waals surface area contributed by atoms with Crippen molar-refractivity contribution in [3.63, 3.8) is 0 Å². The number of carbonyl (C=O) groups excluding carboxylic acids is 4. The van der Waals surface area contributed by atoms with Gasteiger partial charge in [-0.2, -0.15) is 0 Å². The highest BCUT2D eigenvalue weighted by Gasteiger charge is 2.34. The van der Waals surface area contributed by atoms with E-state index < -0.39 is 5.91 Å². The van der Waals surface area contributed by atoms with Crippen molar-refractivity contribution in [2.75, 3.05) is 17.6 Å². The number of hydrogen-bond donors (Lipinski definition) is 2. The Balaban J connectivity index is 1.49. The number of thioether (sulfide) groups is 1. The van der Waals surface area contributed by atoms with Gasteiger partial charge in [0, 0.05) is 24.1 Å². The Morgan fingerprint density at radius 3 is 2.48 bits per heavy atom. The summed E-state index contributed by atoms with van der Waals surface area (Å²) in [6.07, 6.45) is -0.0171. The maximum atomic E-state index is 12.3. The molecular formula is C17H16N4O4S2. The molecule has 0 bridgehead atoms. The fourth-order valence-corrected chi connectivity index (χ4v) is 4.02. The molecule has 0 fully saturated rings. The lowest BCUT2D eigenvalue weighted by Gasteiger charge is -2.12. The van der Waals surface area contributed by atoms with E-state index in [4.69, 9.17) is 5.73 Å². The van der Waals surface area contributed by atoms with Crippen molar-refractivity contribution in [2.24, 2.45) is 5.73 Å². The van der Waals surface area contributed by atoms with Gasteiger partial charge in [0.15, 0.2) is 5.13 Å². The molecule has 0 saturated heterocycles. The van der Waals surface area contributed by atoms with E-state index in [0.717, 1.165) is 10.6 Å². The van der Waals surface area contributed by atoms with Gasteiger partial charge in [-0.15, -0.1) is 23.1 Å². The van der Waals surface area contributed by atoms with Gasteiger partial charge in [-0.1, -0.05) is 12.1 Å². The topological polar surface area (TPSA) is 122 Å². The summed E-state index contributed by atoms with van der Waals surface area (Å²) < 4.78 is 0. The SMILES string of the molecule is NC(=O)CSCc1csc(NC(=O)CCN2C(=O)c3ccccc3C2=O)n1. The zero-order valence-corrected chi connectivity index (χ0v) is 15.8. The molecule has 1 aromatic heterocycles. The first-order valence-corrected chi connectivity index (χ1v) is 10.0. The summed E-state index contributed by atoms with van der Waals surface area (Å²) in [7, 11) is 0. The Bertz CT molecular complexity index is 877. The molecule has 2 aromatic rings. The number of fused-ring (bicyclic) bond motifs is 1. The number of nitrogens with two attached hydrogens (primary N) is 1. The van der Waals surface area contributed by atoms with E-state index in [1.165, 1.54) is 23.1 Å². The summed E-state index contributed by atoms with van der Waals surface area (Å²) in [5.41, 5.74) is 6.54. The van der Waals surface area contributed by atoms with E-state index in [-0.39, 0.29) is 36.4 Å². The molecule has 0 spiro atoms. The van der Waals surface area contributed by atoms with Crippen LogP contribution >= 0.6 is 23.1 Å². The monoisotopic (exact) mass is 404 g/mol. The molecule has 1 aliphatic heterocycles.